The van der Waals surface area contributed by atoms with E-state index in [1.54, 1.807) is 35.8 Å². The third-order valence-corrected chi connectivity index (χ3v) is 11.4. The van der Waals surface area contributed by atoms with Gasteiger partial charge in [0.15, 0.2) is 11.5 Å². The van der Waals surface area contributed by atoms with Crippen molar-refractivity contribution in [3.63, 3.8) is 0 Å². The number of nitrogens with zero attached hydrogens (tertiary/aromatic N) is 2. The van der Waals surface area contributed by atoms with Gasteiger partial charge in [-0.1, -0.05) is 47.4 Å². The van der Waals surface area contributed by atoms with Crippen LogP contribution < -0.4 is 9.47 Å². The molecule has 1 N–H and O–H groups in total. The fraction of sp³-hybridized carbons (Fsp3) is 0.719. The summed E-state index contributed by atoms with van der Waals surface area (Å²) in [5.74, 6) is 1.18. The number of rotatable bonds is 16. The van der Waals surface area contributed by atoms with Gasteiger partial charge in [-0.05, 0) is 56.2 Å². The van der Waals surface area contributed by atoms with Crippen molar-refractivity contribution in [3.8, 4) is 11.5 Å². The predicted octanol–water partition coefficient (Wildman–Crippen LogP) is 4.67. The van der Waals surface area contributed by atoms with E-state index >= 15 is 0 Å². The average molecular weight is 653 g/mol. The SMILES string of the molecule is COc1ccc(CCO[C@@H]2CCCC[C@H]2N2CC[C@@H](OC(=O)CCSSC[C@@H](C)C(=O)N3CCC[C@H]3C(=O)O)C2)cc1OC. The second-order valence-electron chi connectivity index (χ2n) is 11.9. The Kier molecular flexibility index (Phi) is 13.8. The lowest BCUT2D eigenvalue weighted by Gasteiger charge is -2.37. The second-order valence-corrected chi connectivity index (χ2v) is 14.5. The Labute approximate surface area is 269 Å². The van der Waals surface area contributed by atoms with Crippen LogP contribution in [-0.4, -0.2) is 109 Å². The lowest BCUT2D eigenvalue weighted by atomic mass is 9.91. The van der Waals surface area contributed by atoms with Crippen LogP contribution in [0.2, 0.25) is 0 Å². The maximum atomic E-state index is 12.7. The zero-order valence-corrected chi connectivity index (χ0v) is 27.9. The first-order valence-electron chi connectivity index (χ1n) is 15.8. The van der Waals surface area contributed by atoms with Crippen molar-refractivity contribution in [2.75, 3.05) is 52.0 Å². The first-order chi connectivity index (χ1) is 21.3. The molecule has 1 aromatic carbocycles. The molecule has 12 heteroatoms. The number of amides is 1. The maximum Gasteiger partial charge on any atom is 0.326 e. The van der Waals surface area contributed by atoms with Gasteiger partial charge in [0.05, 0.1) is 33.4 Å². The first-order valence-corrected chi connectivity index (χ1v) is 18.3. The summed E-state index contributed by atoms with van der Waals surface area (Å²) in [6.45, 7) is 4.66. The van der Waals surface area contributed by atoms with Crippen molar-refractivity contribution in [3.05, 3.63) is 23.8 Å². The number of carboxylic acid groups (broad SMARTS) is 1. The molecule has 0 spiro atoms. The smallest absolute Gasteiger partial charge is 0.326 e. The van der Waals surface area contributed by atoms with Crippen LogP contribution in [0.15, 0.2) is 18.2 Å². The van der Waals surface area contributed by atoms with Gasteiger partial charge in [-0.15, -0.1) is 0 Å². The molecule has 0 radical (unpaired) electrons. The van der Waals surface area contributed by atoms with Crippen molar-refractivity contribution in [1.82, 2.24) is 9.80 Å². The zero-order chi connectivity index (χ0) is 31.5. The third kappa shape index (κ3) is 9.67. The summed E-state index contributed by atoms with van der Waals surface area (Å²) in [4.78, 5) is 40.6. The number of esters is 1. The van der Waals surface area contributed by atoms with Gasteiger partial charge in [-0.2, -0.15) is 0 Å². The van der Waals surface area contributed by atoms with E-state index < -0.39 is 12.0 Å². The molecule has 1 amide bonds. The minimum absolute atomic E-state index is 0.0882. The highest BCUT2D eigenvalue weighted by molar-refractivity contribution is 8.76. The number of ether oxygens (including phenoxy) is 4. The normalized spacial score (nSPS) is 24.7. The monoisotopic (exact) mass is 652 g/mol. The van der Waals surface area contributed by atoms with Crippen LogP contribution in [0.3, 0.4) is 0 Å². The molecular formula is C32H48N2O8S2. The fourth-order valence-electron chi connectivity index (χ4n) is 6.43. The predicted molar refractivity (Wildman–Crippen MR) is 172 cm³/mol. The molecule has 3 aliphatic rings. The van der Waals surface area contributed by atoms with Crippen LogP contribution in [0, 0.1) is 5.92 Å². The van der Waals surface area contributed by atoms with E-state index in [4.69, 9.17) is 18.9 Å². The molecule has 44 heavy (non-hydrogen) atoms. The molecule has 0 bridgehead atoms. The molecule has 3 fully saturated rings. The van der Waals surface area contributed by atoms with Crippen LogP contribution >= 0.6 is 21.6 Å². The largest absolute Gasteiger partial charge is 0.493 e. The quantitative estimate of drug-likeness (QED) is 0.153. The summed E-state index contributed by atoms with van der Waals surface area (Å²) >= 11 is 0. The number of aliphatic carboxylic acids is 1. The lowest BCUT2D eigenvalue weighted by Crippen LogP contribution is -2.46. The topological polar surface area (TPSA) is 115 Å². The van der Waals surface area contributed by atoms with E-state index in [9.17, 15) is 19.5 Å². The van der Waals surface area contributed by atoms with Crippen LogP contribution in [-0.2, 0) is 30.3 Å². The van der Waals surface area contributed by atoms with Gasteiger partial charge in [0, 0.05) is 43.1 Å². The highest BCUT2D eigenvalue weighted by Crippen LogP contribution is 2.31. The van der Waals surface area contributed by atoms with Crippen LogP contribution in [0.1, 0.15) is 63.9 Å². The van der Waals surface area contributed by atoms with Gasteiger partial charge in [0.2, 0.25) is 5.91 Å². The molecular weight excluding hydrogens is 604 g/mol. The Morgan fingerprint density at radius 1 is 1.00 bits per heavy atom. The number of carbonyl (C=O) groups is 3. The van der Waals surface area contributed by atoms with E-state index in [2.05, 4.69) is 11.0 Å². The number of carboxylic acids is 1. The van der Waals surface area contributed by atoms with Gasteiger partial charge in [0.25, 0.3) is 0 Å². The van der Waals surface area contributed by atoms with Crippen LogP contribution in [0.5, 0.6) is 11.5 Å². The molecule has 10 nitrogen and oxygen atoms in total. The molecule has 2 heterocycles. The van der Waals surface area contributed by atoms with Crippen molar-refractivity contribution < 1.29 is 38.4 Å². The van der Waals surface area contributed by atoms with Crippen molar-refractivity contribution in [2.45, 2.75) is 89.0 Å². The number of carbonyl (C=O) groups excluding carboxylic acids is 2. The number of likely N-dealkylation sites (tertiary alicyclic amines) is 2. The van der Waals surface area contributed by atoms with Gasteiger partial charge in [0.1, 0.15) is 12.1 Å². The average Bonchev–Trinajstić information content (AvgIpc) is 3.71. The third-order valence-electron chi connectivity index (χ3n) is 8.82. The summed E-state index contributed by atoms with van der Waals surface area (Å²) in [7, 11) is 6.39. The van der Waals surface area contributed by atoms with Gasteiger partial charge < -0.3 is 29.0 Å². The van der Waals surface area contributed by atoms with Gasteiger partial charge in [-0.25, -0.2) is 4.79 Å². The Morgan fingerprint density at radius 2 is 1.80 bits per heavy atom. The Balaban J connectivity index is 1.12. The first kappa shape index (κ1) is 34.7. The molecule has 0 unspecified atom stereocenters. The summed E-state index contributed by atoms with van der Waals surface area (Å²) in [5.41, 5.74) is 1.15. The summed E-state index contributed by atoms with van der Waals surface area (Å²) < 4.78 is 23.0. The highest BCUT2D eigenvalue weighted by atomic mass is 33.1. The van der Waals surface area contributed by atoms with E-state index in [0.717, 1.165) is 62.3 Å². The Morgan fingerprint density at radius 3 is 2.57 bits per heavy atom. The molecule has 1 aliphatic carbocycles. The Bertz CT molecular complexity index is 1110. The molecule has 1 aromatic rings. The van der Waals surface area contributed by atoms with E-state index in [1.807, 2.05) is 19.1 Å². The molecule has 246 valence electrons. The molecule has 2 saturated heterocycles. The standard InChI is InChI=1S/C32H48N2O8S2/c1-22(31(36)34-15-6-8-26(34)32(37)38)21-44-43-18-14-30(35)42-24-12-16-33(20-24)25-7-4-5-9-27(25)41-17-13-23-10-11-28(39-2)29(19-23)40-3/h10-11,19,22,24-27H,4-9,12-18,20-21H2,1-3H3,(H,37,38)/t22-,24-,25-,26+,27-/m1/s1. The minimum Gasteiger partial charge on any atom is -0.493 e. The van der Waals surface area contributed by atoms with Gasteiger partial charge in [-0.3, -0.25) is 14.5 Å². The minimum atomic E-state index is -0.928. The summed E-state index contributed by atoms with van der Waals surface area (Å²) in [6, 6.07) is 5.64. The van der Waals surface area contributed by atoms with E-state index in [-0.39, 0.29) is 30.0 Å². The molecule has 2 aliphatic heterocycles. The molecule has 0 aromatic heterocycles. The van der Waals surface area contributed by atoms with Crippen LogP contribution in [0.4, 0.5) is 0 Å². The van der Waals surface area contributed by atoms with Crippen molar-refractivity contribution in [1.29, 1.82) is 0 Å². The second kappa shape index (κ2) is 17.5. The number of hydrogen-bond acceptors (Lipinski definition) is 10. The van der Waals surface area contributed by atoms with Crippen molar-refractivity contribution in [2.24, 2.45) is 5.92 Å². The van der Waals surface area contributed by atoms with E-state index in [0.29, 0.717) is 43.5 Å². The van der Waals surface area contributed by atoms with Crippen LogP contribution in [0.25, 0.3) is 0 Å². The summed E-state index contributed by atoms with van der Waals surface area (Å²) in [5, 5.41) is 9.34. The Hall–Kier alpha value is -2.15. The molecule has 4 rings (SSSR count). The zero-order valence-electron chi connectivity index (χ0n) is 26.2. The number of hydrogen-bond donors (Lipinski definition) is 1. The molecule has 1 saturated carbocycles. The van der Waals surface area contributed by atoms with Gasteiger partial charge >= 0.3 is 11.9 Å². The lowest BCUT2D eigenvalue weighted by molar-refractivity contribution is -0.149. The van der Waals surface area contributed by atoms with Crippen molar-refractivity contribution >= 4 is 39.4 Å². The number of methoxy groups -OCH3 is 2. The highest BCUT2D eigenvalue weighted by Gasteiger charge is 2.37. The summed E-state index contributed by atoms with van der Waals surface area (Å²) in [6.07, 6.45) is 7.84. The fourth-order valence-corrected chi connectivity index (χ4v) is 8.74. The maximum absolute atomic E-state index is 12.7. The molecule has 5 atom stereocenters. The van der Waals surface area contributed by atoms with E-state index in [1.165, 1.54) is 17.7 Å². The number of benzene rings is 1.